The fraction of sp³-hybridized carbons (Fsp3) is 0.417. The summed E-state index contributed by atoms with van der Waals surface area (Å²) in [5, 5.41) is 12.1. The number of halogens is 1. The number of hydrogen-bond acceptors (Lipinski definition) is 4. The van der Waals surface area contributed by atoms with Gasteiger partial charge in [0.2, 0.25) is 5.91 Å². The second-order valence-electron chi connectivity index (χ2n) is 12.3. The summed E-state index contributed by atoms with van der Waals surface area (Å²) in [6, 6.07) is 22.9. The molecule has 0 unspecified atom stereocenters. The van der Waals surface area contributed by atoms with Gasteiger partial charge in [0.25, 0.3) is 0 Å². The third kappa shape index (κ3) is 6.06. The maximum absolute atomic E-state index is 15.1. The Morgan fingerprint density at radius 3 is 2.53 bits per heavy atom. The number of rotatable bonds is 10. The third-order valence-electron chi connectivity index (χ3n) is 9.59. The molecule has 1 aliphatic carbocycles. The van der Waals surface area contributed by atoms with Crippen LogP contribution in [0.15, 0.2) is 72.8 Å². The minimum atomic E-state index is -0.404. The SMILES string of the molecule is COc1ccc2c(-c3ccccc3)c([C@H](CO)N(Cc3ccccc3F)C[C@@H]3CCN(C(=O)C4CCC4)[C@H](C)C3)[nH]c2c1. The standard InChI is InChI=1S/C36H42FN3O3/c1-24-19-25(17-18-40(24)36(42)27-12-8-13-27)21-39(22-28-11-6-7-14-31(28)37)33(23-41)35-34(26-9-4-3-5-10-26)30-16-15-29(43-2)20-32(30)38-35/h3-7,9-11,14-16,20,24-25,27,33,38,41H,8,12-13,17-19,21-23H2,1-2H3/t24-,25-,33+/m1/s1. The molecule has 1 saturated heterocycles. The second kappa shape index (κ2) is 12.9. The average molecular weight is 584 g/mol. The summed E-state index contributed by atoms with van der Waals surface area (Å²) in [6.45, 7) is 3.82. The van der Waals surface area contributed by atoms with E-state index in [1.807, 2.05) is 42.5 Å². The molecule has 2 aliphatic rings. The zero-order chi connectivity index (χ0) is 29.9. The molecule has 226 valence electrons. The monoisotopic (exact) mass is 583 g/mol. The number of aromatic nitrogens is 1. The number of carbonyl (C=O) groups is 1. The molecule has 0 radical (unpaired) electrons. The van der Waals surface area contributed by atoms with Gasteiger partial charge in [-0.1, -0.05) is 55.0 Å². The number of amides is 1. The van der Waals surface area contributed by atoms with Crippen molar-refractivity contribution < 1.29 is 19.0 Å². The molecule has 1 aliphatic heterocycles. The average Bonchev–Trinajstić information content (AvgIpc) is 3.36. The first kappa shape index (κ1) is 29.4. The van der Waals surface area contributed by atoms with Crippen molar-refractivity contribution >= 4 is 16.8 Å². The number of carbonyl (C=O) groups excluding carboxylic acids is 1. The predicted octanol–water partition coefficient (Wildman–Crippen LogP) is 6.95. The second-order valence-corrected chi connectivity index (χ2v) is 12.3. The van der Waals surface area contributed by atoms with Gasteiger partial charge >= 0.3 is 0 Å². The first-order valence-electron chi connectivity index (χ1n) is 15.6. The molecule has 1 aromatic heterocycles. The molecule has 2 fully saturated rings. The molecule has 7 heteroatoms. The molecular weight excluding hydrogens is 541 g/mol. The van der Waals surface area contributed by atoms with Crippen LogP contribution in [0.25, 0.3) is 22.0 Å². The summed E-state index contributed by atoms with van der Waals surface area (Å²) < 4.78 is 20.6. The molecule has 3 aromatic carbocycles. The summed E-state index contributed by atoms with van der Waals surface area (Å²) in [7, 11) is 1.65. The van der Waals surface area contributed by atoms with Gasteiger partial charge in [0.15, 0.2) is 0 Å². The third-order valence-corrected chi connectivity index (χ3v) is 9.59. The Hall–Kier alpha value is -3.68. The van der Waals surface area contributed by atoms with Gasteiger partial charge in [0.1, 0.15) is 11.6 Å². The minimum Gasteiger partial charge on any atom is -0.497 e. The van der Waals surface area contributed by atoms with Crippen LogP contribution in [0, 0.1) is 17.7 Å². The van der Waals surface area contributed by atoms with Crippen LogP contribution in [0.3, 0.4) is 0 Å². The van der Waals surface area contributed by atoms with Crippen molar-refractivity contribution in [2.24, 2.45) is 11.8 Å². The highest BCUT2D eigenvalue weighted by Gasteiger charge is 2.36. The lowest BCUT2D eigenvalue weighted by atomic mass is 9.82. The maximum atomic E-state index is 15.1. The number of piperidine rings is 1. The highest BCUT2D eigenvalue weighted by Crippen LogP contribution is 2.40. The van der Waals surface area contributed by atoms with Crippen LogP contribution in [0.4, 0.5) is 4.39 Å². The van der Waals surface area contributed by atoms with Crippen LogP contribution in [-0.4, -0.2) is 58.6 Å². The van der Waals surface area contributed by atoms with Crippen LogP contribution in [0.5, 0.6) is 5.75 Å². The lowest BCUT2D eigenvalue weighted by molar-refractivity contribution is -0.142. The fourth-order valence-corrected chi connectivity index (χ4v) is 7.01. The number of ether oxygens (including phenoxy) is 1. The molecule has 2 heterocycles. The Morgan fingerprint density at radius 1 is 1.09 bits per heavy atom. The molecule has 6 rings (SSSR count). The van der Waals surface area contributed by atoms with E-state index in [1.54, 1.807) is 13.2 Å². The maximum Gasteiger partial charge on any atom is 0.225 e. The fourth-order valence-electron chi connectivity index (χ4n) is 7.01. The lowest BCUT2D eigenvalue weighted by Crippen LogP contribution is -2.50. The number of H-pyrrole nitrogens is 1. The van der Waals surface area contributed by atoms with Gasteiger partial charge < -0.3 is 19.7 Å². The van der Waals surface area contributed by atoms with E-state index in [4.69, 9.17) is 4.74 Å². The Bertz CT molecular complexity index is 1550. The van der Waals surface area contributed by atoms with E-state index < -0.39 is 6.04 Å². The zero-order valence-corrected chi connectivity index (χ0v) is 25.1. The van der Waals surface area contributed by atoms with Crippen LogP contribution >= 0.6 is 0 Å². The number of aliphatic hydroxyl groups is 1. The number of methoxy groups -OCH3 is 1. The quantitative estimate of drug-likeness (QED) is 0.212. The van der Waals surface area contributed by atoms with E-state index in [-0.39, 0.29) is 24.4 Å². The Morgan fingerprint density at radius 2 is 1.86 bits per heavy atom. The van der Waals surface area contributed by atoms with Crippen molar-refractivity contribution in [1.82, 2.24) is 14.8 Å². The van der Waals surface area contributed by atoms with Crippen LogP contribution in [0.2, 0.25) is 0 Å². The molecule has 0 bridgehead atoms. The van der Waals surface area contributed by atoms with E-state index in [9.17, 15) is 9.90 Å². The number of aliphatic hydroxyl groups excluding tert-OH is 1. The van der Waals surface area contributed by atoms with E-state index in [2.05, 4.69) is 39.9 Å². The van der Waals surface area contributed by atoms with Crippen LogP contribution in [0.1, 0.15) is 56.3 Å². The van der Waals surface area contributed by atoms with Crippen molar-refractivity contribution in [3.8, 4) is 16.9 Å². The summed E-state index contributed by atoms with van der Waals surface area (Å²) >= 11 is 0. The number of likely N-dealkylation sites (tertiary alicyclic amines) is 1. The molecule has 2 N–H and O–H groups in total. The summed E-state index contributed by atoms with van der Waals surface area (Å²) in [4.78, 5) is 21.0. The van der Waals surface area contributed by atoms with Crippen molar-refractivity contribution in [1.29, 1.82) is 0 Å². The van der Waals surface area contributed by atoms with Crippen molar-refractivity contribution in [2.45, 2.75) is 57.7 Å². The molecule has 3 atom stereocenters. The van der Waals surface area contributed by atoms with E-state index in [1.165, 1.54) is 6.07 Å². The van der Waals surface area contributed by atoms with Crippen molar-refractivity contribution in [2.75, 3.05) is 26.8 Å². The highest BCUT2D eigenvalue weighted by molar-refractivity contribution is 5.98. The normalized spacial score (nSPS) is 19.9. The molecule has 1 amide bonds. The van der Waals surface area contributed by atoms with Gasteiger partial charge in [-0.05, 0) is 62.3 Å². The molecular formula is C36H42FN3O3. The van der Waals surface area contributed by atoms with Crippen LogP contribution in [-0.2, 0) is 11.3 Å². The Kier molecular flexibility index (Phi) is 8.82. The molecule has 0 spiro atoms. The van der Waals surface area contributed by atoms with Gasteiger partial charge in [0.05, 0.1) is 19.8 Å². The Balaban J connectivity index is 1.35. The van der Waals surface area contributed by atoms with Gasteiger partial charge in [-0.15, -0.1) is 0 Å². The first-order chi connectivity index (χ1) is 21.0. The summed E-state index contributed by atoms with van der Waals surface area (Å²) in [5.41, 5.74) is 4.51. The number of benzene rings is 3. The molecule has 1 saturated carbocycles. The highest BCUT2D eigenvalue weighted by atomic mass is 19.1. The predicted molar refractivity (Wildman–Crippen MR) is 168 cm³/mol. The van der Waals surface area contributed by atoms with Gasteiger partial charge in [-0.25, -0.2) is 4.39 Å². The smallest absolute Gasteiger partial charge is 0.225 e. The van der Waals surface area contributed by atoms with Gasteiger partial charge in [-0.3, -0.25) is 9.69 Å². The largest absolute Gasteiger partial charge is 0.497 e. The number of nitrogens with one attached hydrogen (secondary N) is 1. The van der Waals surface area contributed by atoms with Crippen LogP contribution < -0.4 is 4.74 Å². The summed E-state index contributed by atoms with van der Waals surface area (Å²) in [6.07, 6.45) is 4.96. The Labute approximate surface area is 253 Å². The lowest BCUT2D eigenvalue weighted by Gasteiger charge is -2.43. The molecule has 43 heavy (non-hydrogen) atoms. The molecule has 4 aromatic rings. The zero-order valence-electron chi connectivity index (χ0n) is 25.1. The number of nitrogens with zero attached hydrogens (tertiary/aromatic N) is 2. The van der Waals surface area contributed by atoms with Crippen molar-refractivity contribution in [3.05, 3.63) is 89.9 Å². The van der Waals surface area contributed by atoms with E-state index >= 15 is 4.39 Å². The topological polar surface area (TPSA) is 68.8 Å². The van der Waals surface area contributed by atoms with E-state index in [0.29, 0.717) is 30.5 Å². The first-order valence-corrected chi connectivity index (χ1v) is 15.6. The number of fused-ring (bicyclic) bond motifs is 1. The summed E-state index contributed by atoms with van der Waals surface area (Å²) in [5.74, 6) is 1.33. The number of aromatic amines is 1. The van der Waals surface area contributed by atoms with Crippen molar-refractivity contribution in [3.63, 3.8) is 0 Å². The van der Waals surface area contributed by atoms with Gasteiger partial charge in [0, 0.05) is 65.4 Å². The van der Waals surface area contributed by atoms with E-state index in [0.717, 1.165) is 72.1 Å². The van der Waals surface area contributed by atoms with Gasteiger partial charge in [-0.2, -0.15) is 0 Å². The molecule has 6 nitrogen and oxygen atoms in total. The minimum absolute atomic E-state index is 0.132. The number of hydrogen-bond donors (Lipinski definition) is 2.